The van der Waals surface area contributed by atoms with Gasteiger partial charge in [0.05, 0.1) is 21.3 Å². The summed E-state index contributed by atoms with van der Waals surface area (Å²) >= 11 is 11.8. The van der Waals surface area contributed by atoms with Gasteiger partial charge in [0.2, 0.25) is 0 Å². The van der Waals surface area contributed by atoms with E-state index >= 15 is 0 Å². The van der Waals surface area contributed by atoms with Gasteiger partial charge < -0.3 is 15.1 Å². The highest BCUT2D eigenvalue weighted by Crippen LogP contribution is 2.34. The largest absolute Gasteiger partial charge is 0.366 e. The van der Waals surface area contributed by atoms with E-state index in [1.807, 2.05) is 18.2 Å². The average molecular weight is 462 g/mol. The van der Waals surface area contributed by atoms with Gasteiger partial charge in [0.15, 0.2) is 5.11 Å². The SMILES string of the molecule is CCN1CCN(c2c(Cl)cccc2NC(=S)NC(=O)c2cccc([N+](=O)[O-])c2C)CC1. The number of nitrogens with zero attached hydrogens (tertiary/aromatic N) is 3. The number of rotatable bonds is 5. The molecular formula is C21H24ClN5O3S. The van der Waals surface area contributed by atoms with E-state index in [0.29, 0.717) is 10.7 Å². The smallest absolute Gasteiger partial charge is 0.273 e. The van der Waals surface area contributed by atoms with Gasteiger partial charge in [-0.3, -0.25) is 20.2 Å². The first-order valence-corrected chi connectivity index (χ1v) is 10.7. The van der Waals surface area contributed by atoms with Crippen molar-refractivity contribution in [2.75, 3.05) is 42.9 Å². The summed E-state index contributed by atoms with van der Waals surface area (Å²) in [5, 5.41) is 17.5. The number of carbonyl (C=O) groups is 1. The Morgan fingerprint density at radius 2 is 1.87 bits per heavy atom. The van der Waals surface area contributed by atoms with Gasteiger partial charge in [0.1, 0.15) is 0 Å². The lowest BCUT2D eigenvalue weighted by atomic mass is 10.1. The third kappa shape index (κ3) is 5.30. The standard InChI is InChI=1S/C21H24ClN5O3S/c1-3-25-10-12-26(13-11-25)19-16(22)7-5-8-17(19)23-21(31)24-20(28)15-6-4-9-18(14(15)2)27(29)30/h4-9H,3,10-13H2,1-2H3,(H2,23,24,28,31). The van der Waals surface area contributed by atoms with Crippen molar-refractivity contribution >= 4 is 51.9 Å². The van der Waals surface area contributed by atoms with E-state index in [0.717, 1.165) is 38.4 Å². The van der Waals surface area contributed by atoms with Crippen molar-refractivity contribution in [2.24, 2.45) is 0 Å². The molecular weight excluding hydrogens is 438 g/mol. The van der Waals surface area contributed by atoms with Gasteiger partial charge in [-0.15, -0.1) is 0 Å². The van der Waals surface area contributed by atoms with Gasteiger partial charge in [0, 0.05) is 43.4 Å². The second kappa shape index (κ2) is 10.0. The maximum atomic E-state index is 12.7. The molecule has 2 aromatic rings. The van der Waals surface area contributed by atoms with Crippen molar-refractivity contribution in [2.45, 2.75) is 13.8 Å². The first kappa shape index (κ1) is 22.9. The van der Waals surface area contributed by atoms with Crippen LogP contribution < -0.4 is 15.5 Å². The van der Waals surface area contributed by atoms with Crippen molar-refractivity contribution in [1.29, 1.82) is 0 Å². The van der Waals surface area contributed by atoms with Crippen LogP contribution in [-0.2, 0) is 0 Å². The van der Waals surface area contributed by atoms with Crippen LogP contribution in [0.1, 0.15) is 22.8 Å². The maximum Gasteiger partial charge on any atom is 0.273 e. The van der Waals surface area contributed by atoms with Gasteiger partial charge >= 0.3 is 0 Å². The first-order valence-electron chi connectivity index (χ1n) is 9.94. The number of benzene rings is 2. The summed E-state index contributed by atoms with van der Waals surface area (Å²) in [6.45, 7) is 8.23. The summed E-state index contributed by atoms with van der Waals surface area (Å²) in [7, 11) is 0. The fourth-order valence-corrected chi connectivity index (χ4v) is 4.11. The molecule has 0 atom stereocenters. The Kier molecular flexibility index (Phi) is 7.42. The van der Waals surface area contributed by atoms with E-state index < -0.39 is 10.8 Å². The number of para-hydroxylation sites is 1. The van der Waals surface area contributed by atoms with E-state index in [9.17, 15) is 14.9 Å². The predicted molar refractivity (Wildman–Crippen MR) is 127 cm³/mol. The highest BCUT2D eigenvalue weighted by Gasteiger charge is 2.22. The molecule has 2 aromatic carbocycles. The molecule has 0 spiro atoms. The number of likely N-dealkylation sites (N-methyl/N-ethyl adjacent to an activating group) is 1. The van der Waals surface area contributed by atoms with Gasteiger partial charge in [-0.25, -0.2) is 0 Å². The summed E-state index contributed by atoms with van der Waals surface area (Å²) in [6.07, 6.45) is 0. The highest BCUT2D eigenvalue weighted by atomic mass is 35.5. The number of hydrogen-bond donors (Lipinski definition) is 2. The second-order valence-corrected chi connectivity index (χ2v) is 7.99. The van der Waals surface area contributed by atoms with Crippen LogP contribution in [0.3, 0.4) is 0 Å². The van der Waals surface area contributed by atoms with Crippen LogP contribution in [0.2, 0.25) is 5.02 Å². The minimum atomic E-state index is -0.515. The van der Waals surface area contributed by atoms with E-state index in [1.54, 1.807) is 0 Å². The van der Waals surface area contributed by atoms with Gasteiger partial charge in [-0.2, -0.15) is 0 Å². The third-order valence-electron chi connectivity index (χ3n) is 5.34. The highest BCUT2D eigenvalue weighted by molar-refractivity contribution is 7.80. The summed E-state index contributed by atoms with van der Waals surface area (Å²) < 4.78 is 0. The summed E-state index contributed by atoms with van der Waals surface area (Å²) in [6, 6.07) is 9.84. The molecule has 1 saturated heterocycles. The van der Waals surface area contributed by atoms with Crippen molar-refractivity contribution in [3.63, 3.8) is 0 Å². The lowest BCUT2D eigenvalue weighted by Crippen LogP contribution is -2.46. The number of nitrogens with one attached hydrogen (secondary N) is 2. The second-order valence-electron chi connectivity index (χ2n) is 7.17. The Balaban J connectivity index is 1.74. The molecule has 0 saturated carbocycles. The molecule has 1 heterocycles. The first-order chi connectivity index (χ1) is 14.8. The number of carbonyl (C=O) groups excluding carboxylic acids is 1. The number of piperazine rings is 1. The van der Waals surface area contributed by atoms with Crippen LogP contribution in [0, 0.1) is 17.0 Å². The molecule has 2 N–H and O–H groups in total. The maximum absolute atomic E-state index is 12.7. The van der Waals surface area contributed by atoms with Crippen LogP contribution in [0.25, 0.3) is 0 Å². The Labute approximate surface area is 191 Å². The fraction of sp³-hybridized carbons (Fsp3) is 0.333. The summed E-state index contributed by atoms with van der Waals surface area (Å²) in [5.41, 5.74) is 1.89. The Morgan fingerprint density at radius 3 is 2.52 bits per heavy atom. The number of hydrogen-bond acceptors (Lipinski definition) is 6. The third-order valence-corrected chi connectivity index (χ3v) is 5.85. The molecule has 0 unspecified atom stereocenters. The zero-order chi connectivity index (χ0) is 22.5. The van der Waals surface area contributed by atoms with Crippen LogP contribution >= 0.6 is 23.8 Å². The lowest BCUT2D eigenvalue weighted by Gasteiger charge is -2.37. The molecule has 31 heavy (non-hydrogen) atoms. The van der Waals surface area contributed by atoms with Crippen molar-refractivity contribution in [3.05, 3.63) is 62.7 Å². The van der Waals surface area contributed by atoms with Crippen LogP contribution in [0.4, 0.5) is 17.1 Å². The molecule has 3 rings (SSSR count). The van der Waals surface area contributed by atoms with Crippen LogP contribution in [-0.4, -0.2) is 53.6 Å². The molecule has 0 radical (unpaired) electrons. The number of nitro groups is 1. The fourth-order valence-electron chi connectivity index (χ4n) is 3.62. The molecule has 1 amide bonds. The van der Waals surface area contributed by atoms with Gasteiger partial charge in [-0.1, -0.05) is 30.7 Å². The lowest BCUT2D eigenvalue weighted by molar-refractivity contribution is -0.385. The molecule has 0 bridgehead atoms. The minimum absolute atomic E-state index is 0.0895. The average Bonchev–Trinajstić information content (AvgIpc) is 2.74. The predicted octanol–water partition coefficient (Wildman–Crippen LogP) is 3.83. The van der Waals surface area contributed by atoms with E-state index in [1.165, 1.54) is 25.1 Å². The van der Waals surface area contributed by atoms with Crippen LogP contribution in [0.5, 0.6) is 0 Å². The molecule has 8 nitrogen and oxygen atoms in total. The number of amides is 1. The summed E-state index contributed by atoms with van der Waals surface area (Å²) in [5.74, 6) is -0.515. The topological polar surface area (TPSA) is 90.8 Å². The Bertz CT molecular complexity index is 1010. The Morgan fingerprint density at radius 1 is 1.19 bits per heavy atom. The number of anilines is 2. The van der Waals surface area contributed by atoms with Gasteiger partial charge in [0.25, 0.3) is 11.6 Å². The zero-order valence-electron chi connectivity index (χ0n) is 17.4. The van der Waals surface area contributed by atoms with Crippen molar-refractivity contribution in [1.82, 2.24) is 10.2 Å². The minimum Gasteiger partial charge on any atom is -0.366 e. The molecule has 1 aliphatic rings. The molecule has 10 heteroatoms. The van der Waals surface area contributed by atoms with Crippen molar-refractivity contribution < 1.29 is 9.72 Å². The zero-order valence-corrected chi connectivity index (χ0v) is 18.9. The van der Waals surface area contributed by atoms with Crippen molar-refractivity contribution in [3.8, 4) is 0 Å². The monoisotopic (exact) mass is 461 g/mol. The van der Waals surface area contributed by atoms with Crippen LogP contribution in [0.15, 0.2) is 36.4 Å². The molecule has 0 aliphatic carbocycles. The normalized spacial score (nSPS) is 14.2. The van der Waals surface area contributed by atoms with E-state index in [4.69, 9.17) is 23.8 Å². The quantitative estimate of drug-likeness (QED) is 0.397. The Hall–Kier alpha value is -2.75. The van der Waals surface area contributed by atoms with Gasteiger partial charge in [-0.05, 0) is 43.9 Å². The molecule has 164 valence electrons. The number of halogens is 1. The molecule has 0 aromatic heterocycles. The van der Waals surface area contributed by atoms with E-state index in [2.05, 4.69) is 27.4 Å². The number of nitro benzene ring substituents is 1. The summed E-state index contributed by atoms with van der Waals surface area (Å²) in [4.78, 5) is 27.8. The molecule has 1 aliphatic heterocycles. The number of thiocarbonyl (C=S) groups is 1. The molecule has 1 fully saturated rings. The van der Waals surface area contributed by atoms with E-state index in [-0.39, 0.29) is 21.9 Å².